The highest BCUT2D eigenvalue weighted by Gasteiger charge is 2.23. The van der Waals surface area contributed by atoms with Crippen molar-refractivity contribution in [3.63, 3.8) is 0 Å². The van der Waals surface area contributed by atoms with Gasteiger partial charge in [-0.05, 0) is 25.6 Å². The molecule has 2 heterocycles. The van der Waals surface area contributed by atoms with E-state index in [-0.39, 0.29) is 5.41 Å². The van der Waals surface area contributed by atoms with Gasteiger partial charge in [-0.15, -0.1) is 5.10 Å². The number of rotatable bonds is 2. The Balaban J connectivity index is 2.09. The lowest BCUT2D eigenvalue weighted by molar-refractivity contribution is 0.558. The predicted molar refractivity (Wildman–Crippen MR) is 70.4 cm³/mol. The van der Waals surface area contributed by atoms with Crippen LogP contribution < -0.4 is 10.2 Å². The van der Waals surface area contributed by atoms with Crippen LogP contribution in [0.15, 0.2) is 12.1 Å². The Labute approximate surface area is 103 Å². The Bertz CT molecular complexity index is 366. The summed E-state index contributed by atoms with van der Waals surface area (Å²) < 4.78 is 0. The molecule has 1 fully saturated rings. The third-order valence-electron chi connectivity index (χ3n) is 3.34. The molecule has 0 amide bonds. The lowest BCUT2D eigenvalue weighted by Gasteiger charge is -2.20. The highest BCUT2D eigenvalue weighted by atomic mass is 15.3. The first kappa shape index (κ1) is 12.3. The predicted octanol–water partition coefficient (Wildman–Crippen LogP) is 1.57. The van der Waals surface area contributed by atoms with E-state index in [4.69, 9.17) is 0 Å². The van der Waals surface area contributed by atoms with Crippen molar-refractivity contribution < 1.29 is 0 Å². The molecule has 1 aromatic rings. The fourth-order valence-electron chi connectivity index (χ4n) is 2.10. The molecule has 17 heavy (non-hydrogen) atoms. The summed E-state index contributed by atoms with van der Waals surface area (Å²) in [6, 6.07) is 4.76. The van der Waals surface area contributed by atoms with E-state index in [1.54, 1.807) is 0 Å². The van der Waals surface area contributed by atoms with Crippen LogP contribution in [-0.4, -0.2) is 36.4 Å². The Morgan fingerprint density at radius 2 is 2.06 bits per heavy atom. The largest absolute Gasteiger partial charge is 0.354 e. The standard InChI is InChI=1S/C13H22N4/c1-13(2,3)11-5-6-12(16-15-11)17-8-7-10(9-17)14-4/h5-6,10,14H,7-9H2,1-4H3. The molecule has 0 aliphatic carbocycles. The lowest BCUT2D eigenvalue weighted by atomic mass is 9.92. The molecule has 0 saturated carbocycles. The smallest absolute Gasteiger partial charge is 0.151 e. The average Bonchev–Trinajstić information content (AvgIpc) is 2.76. The van der Waals surface area contributed by atoms with Crippen molar-refractivity contribution in [1.29, 1.82) is 0 Å². The summed E-state index contributed by atoms with van der Waals surface area (Å²) in [7, 11) is 2.02. The lowest BCUT2D eigenvalue weighted by Crippen LogP contribution is -2.30. The first-order chi connectivity index (χ1) is 8.00. The Morgan fingerprint density at radius 1 is 1.29 bits per heavy atom. The number of likely N-dealkylation sites (N-methyl/N-ethyl adjacent to an activating group) is 1. The molecule has 1 atom stereocenters. The zero-order valence-corrected chi connectivity index (χ0v) is 11.2. The van der Waals surface area contributed by atoms with Crippen molar-refractivity contribution in [1.82, 2.24) is 15.5 Å². The van der Waals surface area contributed by atoms with E-state index in [0.29, 0.717) is 6.04 Å². The second-order valence-corrected chi connectivity index (χ2v) is 5.75. The van der Waals surface area contributed by atoms with Crippen LogP contribution >= 0.6 is 0 Å². The molecular weight excluding hydrogens is 212 g/mol. The van der Waals surface area contributed by atoms with Crippen molar-refractivity contribution >= 4 is 5.82 Å². The average molecular weight is 234 g/mol. The van der Waals surface area contributed by atoms with Gasteiger partial charge in [0.15, 0.2) is 5.82 Å². The second kappa shape index (κ2) is 4.61. The molecule has 1 aromatic heterocycles. The highest BCUT2D eigenvalue weighted by Crippen LogP contribution is 2.22. The Morgan fingerprint density at radius 3 is 2.53 bits per heavy atom. The monoisotopic (exact) mass is 234 g/mol. The molecule has 4 heteroatoms. The molecule has 0 bridgehead atoms. The van der Waals surface area contributed by atoms with Crippen LogP contribution in [0.25, 0.3) is 0 Å². The molecule has 0 spiro atoms. The van der Waals surface area contributed by atoms with Gasteiger partial charge in [-0.3, -0.25) is 0 Å². The molecule has 2 rings (SSSR count). The van der Waals surface area contributed by atoms with Crippen LogP contribution in [-0.2, 0) is 5.41 Å². The Kier molecular flexibility index (Phi) is 3.33. The maximum Gasteiger partial charge on any atom is 0.151 e. The molecule has 1 N–H and O–H groups in total. The first-order valence-electron chi connectivity index (χ1n) is 6.27. The van der Waals surface area contributed by atoms with E-state index in [2.05, 4.69) is 53.3 Å². The van der Waals surface area contributed by atoms with Crippen molar-refractivity contribution in [2.75, 3.05) is 25.0 Å². The zero-order chi connectivity index (χ0) is 12.5. The summed E-state index contributed by atoms with van der Waals surface area (Å²) in [4.78, 5) is 2.29. The van der Waals surface area contributed by atoms with Gasteiger partial charge in [0.05, 0.1) is 5.69 Å². The summed E-state index contributed by atoms with van der Waals surface area (Å²) >= 11 is 0. The summed E-state index contributed by atoms with van der Waals surface area (Å²) in [5.74, 6) is 0.996. The number of hydrogen-bond acceptors (Lipinski definition) is 4. The first-order valence-corrected chi connectivity index (χ1v) is 6.27. The molecule has 1 aliphatic rings. The van der Waals surface area contributed by atoms with Gasteiger partial charge < -0.3 is 10.2 Å². The van der Waals surface area contributed by atoms with Crippen LogP contribution in [0, 0.1) is 0 Å². The van der Waals surface area contributed by atoms with E-state index in [9.17, 15) is 0 Å². The molecule has 1 aliphatic heterocycles. The normalized spacial score (nSPS) is 20.9. The van der Waals surface area contributed by atoms with E-state index in [0.717, 1.165) is 24.6 Å². The number of hydrogen-bond donors (Lipinski definition) is 1. The number of nitrogens with zero attached hydrogens (tertiary/aromatic N) is 3. The van der Waals surface area contributed by atoms with Gasteiger partial charge in [0.1, 0.15) is 0 Å². The third-order valence-corrected chi connectivity index (χ3v) is 3.34. The van der Waals surface area contributed by atoms with Gasteiger partial charge in [0.2, 0.25) is 0 Å². The van der Waals surface area contributed by atoms with Gasteiger partial charge in [-0.1, -0.05) is 20.8 Å². The van der Waals surface area contributed by atoms with Gasteiger partial charge in [0.25, 0.3) is 0 Å². The topological polar surface area (TPSA) is 41.0 Å². The minimum atomic E-state index is 0.0735. The molecule has 94 valence electrons. The third kappa shape index (κ3) is 2.75. The van der Waals surface area contributed by atoms with Gasteiger partial charge in [-0.2, -0.15) is 5.10 Å². The maximum absolute atomic E-state index is 4.34. The molecule has 0 aromatic carbocycles. The fourth-order valence-corrected chi connectivity index (χ4v) is 2.10. The zero-order valence-electron chi connectivity index (χ0n) is 11.2. The van der Waals surface area contributed by atoms with Crippen molar-refractivity contribution in [2.45, 2.75) is 38.6 Å². The van der Waals surface area contributed by atoms with E-state index in [1.165, 1.54) is 6.42 Å². The van der Waals surface area contributed by atoms with E-state index < -0.39 is 0 Å². The van der Waals surface area contributed by atoms with E-state index >= 15 is 0 Å². The molecule has 0 radical (unpaired) electrons. The quantitative estimate of drug-likeness (QED) is 0.843. The Hall–Kier alpha value is -1.16. The van der Waals surface area contributed by atoms with Crippen LogP contribution in [0.4, 0.5) is 5.82 Å². The highest BCUT2D eigenvalue weighted by molar-refractivity contribution is 5.39. The van der Waals surface area contributed by atoms with Crippen molar-refractivity contribution in [3.8, 4) is 0 Å². The SMILES string of the molecule is CNC1CCN(c2ccc(C(C)(C)C)nn2)C1. The minimum Gasteiger partial charge on any atom is -0.354 e. The minimum absolute atomic E-state index is 0.0735. The van der Waals surface area contributed by atoms with Gasteiger partial charge in [0, 0.05) is 24.5 Å². The van der Waals surface area contributed by atoms with Crippen LogP contribution in [0.3, 0.4) is 0 Å². The summed E-state index contributed by atoms with van der Waals surface area (Å²) in [6.45, 7) is 8.56. The molecular formula is C13H22N4. The molecule has 4 nitrogen and oxygen atoms in total. The molecule has 1 unspecified atom stereocenters. The summed E-state index contributed by atoms with van der Waals surface area (Å²) in [5, 5.41) is 12.0. The fraction of sp³-hybridized carbons (Fsp3) is 0.692. The van der Waals surface area contributed by atoms with Crippen molar-refractivity contribution in [2.24, 2.45) is 0 Å². The summed E-state index contributed by atoms with van der Waals surface area (Å²) in [5.41, 5.74) is 1.12. The number of anilines is 1. The van der Waals surface area contributed by atoms with Crippen LogP contribution in [0.1, 0.15) is 32.9 Å². The summed E-state index contributed by atoms with van der Waals surface area (Å²) in [6.07, 6.45) is 1.18. The second-order valence-electron chi connectivity index (χ2n) is 5.75. The molecule has 1 saturated heterocycles. The van der Waals surface area contributed by atoms with Crippen LogP contribution in [0.2, 0.25) is 0 Å². The van der Waals surface area contributed by atoms with Crippen molar-refractivity contribution in [3.05, 3.63) is 17.8 Å². The number of nitrogens with one attached hydrogen (secondary N) is 1. The van der Waals surface area contributed by atoms with Gasteiger partial charge >= 0.3 is 0 Å². The number of aromatic nitrogens is 2. The van der Waals surface area contributed by atoms with Gasteiger partial charge in [-0.25, -0.2) is 0 Å². The van der Waals surface area contributed by atoms with E-state index in [1.807, 2.05) is 7.05 Å². The maximum atomic E-state index is 4.34. The van der Waals surface area contributed by atoms with Crippen LogP contribution in [0.5, 0.6) is 0 Å².